The maximum Gasteiger partial charge on any atom is 0.246 e. The molecule has 1 aliphatic carbocycles. The number of hydrogen-bond donors (Lipinski definition) is 1. The molecular formula is C17H21FN4O3S. The fourth-order valence-electron chi connectivity index (χ4n) is 3.36. The van der Waals surface area contributed by atoms with E-state index in [4.69, 9.17) is 4.74 Å². The van der Waals surface area contributed by atoms with E-state index in [-0.39, 0.29) is 16.6 Å². The van der Waals surface area contributed by atoms with Gasteiger partial charge in [0.25, 0.3) is 0 Å². The molecule has 1 aromatic heterocycles. The molecule has 0 amide bonds. The molecule has 2 fully saturated rings. The van der Waals surface area contributed by atoms with E-state index in [0.717, 1.165) is 30.6 Å². The van der Waals surface area contributed by atoms with Crippen LogP contribution in [0.2, 0.25) is 0 Å². The Morgan fingerprint density at radius 3 is 2.58 bits per heavy atom. The molecule has 2 aromatic rings. The van der Waals surface area contributed by atoms with Gasteiger partial charge in [0.05, 0.1) is 7.11 Å². The van der Waals surface area contributed by atoms with Crippen LogP contribution >= 0.6 is 0 Å². The highest BCUT2D eigenvalue weighted by molar-refractivity contribution is 7.89. The van der Waals surface area contributed by atoms with E-state index in [9.17, 15) is 12.8 Å². The average molecular weight is 380 g/mol. The molecule has 0 radical (unpaired) electrons. The van der Waals surface area contributed by atoms with Gasteiger partial charge in [-0.05, 0) is 43.9 Å². The van der Waals surface area contributed by atoms with Crippen molar-refractivity contribution in [2.24, 2.45) is 0 Å². The monoisotopic (exact) mass is 380 g/mol. The molecule has 1 saturated carbocycles. The molecule has 7 nitrogen and oxygen atoms in total. The largest absolute Gasteiger partial charge is 0.495 e. The van der Waals surface area contributed by atoms with Crippen LogP contribution in [0.3, 0.4) is 0 Å². The van der Waals surface area contributed by atoms with Crippen LogP contribution in [-0.4, -0.2) is 48.1 Å². The third-order valence-electron chi connectivity index (χ3n) is 5.05. The van der Waals surface area contributed by atoms with E-state index in [1.807, 2.05) is 0 Å². The molecule has 140 valence electrons. The number of piperidine rings is 1. The molecule has 0 atom stereocenters. The van der Waals surface area contributed by atoms with Gasteiger partial charge in [0, 0.05) is 24.9 Å². The van der Waals surface area contributed by atoms with Gasteiger partial charge in [-0.25, -0.2) is 17.8 Å². The number of hydrogen-bond acceptors (Lipinski definition) is 5. The number of benzene rings is 1. The Kier molecular flexibility index (Phi) is 4.44. The third-order valence-corrected chi connectivity index (χ3v) is 6.97. The van der Waals surface area contributed by atoms with Gasteiger partial charge in [0.15, 0.2) is 5.82 Å². The number of H-pyrrole nitrogens is 1. The van der Waals surface area contributed by atoms with Crippen molar-refractivity contribution in [1.82, 2.24) is 19.5 Å². The Balaban J connectivity index is 1.49. The van der Waals surface area contributed by atoms with E-state index >= 15 is 0 Å². The van der Waals surface area contributed by atoms with Crippen LogP contribution < -0.4 is 4.74 Å². The predicted octanol–water partition coefficient (Wildman–Crippen LogP) is 2.40. The maximum atomic E-state index is 13.6. The van der Waals surface area contributed by atoms with Gasteiger partial charge in [0.2, 0.25) is 10.0 Å². The molecule has 0 bridgehead atoms. The Labute approximate surface area is 151 Å². The van der Waals surface area contributed by atoms with Crippen LogP contribution in [0.5, 0.6) is 5.75 Å². The van der Waals surface area contributed by atoms with Gasteiger partial charge in [-0.2, -0.15) is 9.40 Å². The molecule has 1 saturated heterocycles. The number of methoxy groups -OCH3 is 1. The summed E-state index contributed by atoms with van der Waals surface area (Å²) in [5, 5.41) is 7.28. The van der Waals surface area contributed by atoms with Crippen molar-refractivity contribution in [3.05, 3.63) is 35.7 Å². The van der Waals surface area contributed by atoms with Gasteiger partial charge < -0.3 is 4.74 Å². The summed E-state index contributed by atoms with van der Waals surface area (Å²) in [7, 11) is -2.43. The minimum atomic E-state index is -3.81. The van der Waals surface area contributed by atoms with Crippen molar-refractivity contribution in [3.8, 4) is 5.75 Å². The maximum absolute atomic E-state index is 13.6. The molecule has 1 aromatic carbocycles. The lowest BCUT2D eigenvalue weighted by molar-refractivity contribution is 0.311. The number of nitrogens with zero attached hydrogens (tertiary/aromatic N) is 3. The zero-order chi connectivity index (χ0) is 18.3. The van der Waals surface area contributed by atoms with E-state index in [0.29, 0.717) is 31.8 Å². The number of ether oxygens (including phenoxy) is 1. The van der Waals surface area contributed by atoms with Crippen molar-refractivity contribution in [2.75, 3.05) is 20.2 Å². The predicted molar refractivity (Wildman–Crippen MR) is 92.0 cm³/mol. The molecule has 0 unspecified atom stereocenters. The first-order valence-electron chi connectivity index (χ1n) is 8.75. The summed E-state index contributed by atoms with van der Waals surface area (Å²) >= 11 is 0. The standard InChI is InChI=1S/C17H21FN4O3S/c1-25-14-5-4-13(18)10-15(14)26(23,24)22-8-6-12(7-9-22)17-19-16(20-21-17)11-2-3-11/h4-5,10-12H,2-3,6-9H2,1H3,(H,19,20,21). The summed E-state index contributed by atoms with van der Waals surface area (Å²) in [6.45, 7) is 0.707. The van der Waals surface area contributed by atoms with Crippen LogP contribution in [0.4, 0.5) is 4.39 Å². The van der Waals surface area contributed by atoms with Gasteiger partial charge in [0.1, 0.15) is 22.3 Å². The molecule has 26 heavy (non-hydrogen) atoms. The van der Waals surface area contributed by atoms with Crippen molar-refractivity contribution in [2.45, 2.75) is 42.4 Å². The first kappa shape index (κ1) is 17.4. The summed E-state index contributed by atoms with van der Waals surface area (Å²) in [6.07, 6.45) is 3.58. The zero-order valence-corrected chi connectivity index (χ0v) is 15.3. The normalized spacial score (nSPS) is 19.6. The Morgan fingerprint density at radius 1 is 1.19 bits per heavy atom. The SMILES string of the molecule is COc1ccc(F)cc1S(=O)(=O)N1CCC(c2nc(C3CC3)n[nH]2)CC1. The molecule has 2 aliphatic rings. The fraction of sp³-hybridized carbons (Fsp3) is 0.529. The molecule has 1 N–H and O–H groups in total. The van der Waals surface area contributed by atoms with Gasteiger partial charge in [-0.1, -0.05) is 0 Å². The van der Waals surface area contributed by atoms with E-state index in [1.54, 1.807) is 0 Å². The number of halogens is 1. The third kappa shape index (κ3) is 3.21. The van der Waals surface area contributed by atoms with Crippen LogP contribution in [0.25, 0.3) is 0 Å². The molecule has 1 aliphatic heterocycles. The zero-order valence-electron chi connectivity index (χ0n) is 14.5. The van der Waals surface area contributed by atoms with Gasteiger partial charge in [-0.3, -0.25) is 5.10 Å². The van der Waals surface area contributed by atoms with Crippen LogP contribution in [-0.2, 0) is 10.0 Å². The topological polar surface area (TPSA) is 88.2 Å². The Bertz CT molecular complexity index is 902. The summed E-state index contributed by atoms with van der Waals surface area (Å²) in [5.74, 6) is 1.91. The van der Waals surface area contributed by atoms with E-state index < -0.39 is 15.8 Å². The van der Waals surface area contributed by atoms with Crippen LogP contribution in [0.1, 0.15) is 49.2 Å². The number of rotatable bonds is 5. The number of aromatic amines is 1. The summed E-state index contributed by atoms with van der Waals surface area (Å²) in [5.41, 5.74) is 0. The quantitative estimate of drug-likeness (QED) is 0.860. The lowest BCUT2D eigenvalue weighted by Gasteiger charge is -2.30. The smallest absolute Gasteiger partial charge is 0.246 e. The van der Waals surface area contributed by atoms with E-state index in [2.05, 4.69) is 15.2 Å². The highest BCUT2D eigenvalue weighted by Gasteiger charge is 2.34. The Hall–Kier alpha value is -2.00. The minimum absolute atomic E-state index is 0.130. The second-order valence-corrected chi connectivity index (χ2v) is 8.73. The second-order valence-electron chi connectivity index (χ2n) is 6.83. The number of sulfonamides is 1. The number of aromatic nitrogens is 3. The van der Waals surface area contributed by atoms with E-state index in [1.165, 1.54) is 23.5 Å². The first-order chi connectivity index (χ1) is 12.5. The van der Waals surface area contributed by atoms with Gasteiger partial charge >= 0.3 is 0 Å². The minimum Gasteiger partial charge on any atom is -0.495 e. The molecule has 2 heterocycles. The van der Waals surface area contributed by atoms with Crippen molar-refractivity contribution < 1.29 is 17.5 Å². The second kappa shape index (κ2) is 6.62. The summed E-state index contributed by atoms with van der Waals surface area (Å²) < 4.78 is 45.9. The molecule has 4 rings (SSSR count). The van der Waals surface area contributed by atoms with Crippen molar-refractivity contribution in [1.29, 1.82) is 0 Å². The lowest BCUT2D eigenvalue weighted by atomic mass is 9.97. The molecule has 0 spiro atoms. The highest BCUT2D eigenvalue weighted by atomic mass is 32.2. The lowest BCUT2D eigenvalue weighted by Crippen LogP contribution is -2.38. The molecule has 9 heteroatoms. The highest BCUT2D eigenvalue weighted by Crippen LogP contribution is 2.39. The van der Waals surface area contributed by atoms with Crippen LogP contribution in [0, 0.1) is 5.82 Å². The van der Waals surface area contributed by atoms with Crippen molar-refractivity contribution >= 4 is 10.0 Å². The van der Waals surface area contributed by atoms with Gasteiger partial charge in [-0.15, -0.1) is 0 Å². The summed E-state index contributed by atoms with van der Waals surface area (Å²) in [4.78, 5) is 4.45. The Morgan fingerprint density at radius 2 is 1.92 bits per heavy atom. The van der Waals surface area contributed by atoms with Crippen molar-refractivity contribution in [3.63, 3.8) is 0 Å². The number of nitrogens with one attached hydrogen (secondary N) is 1. The van der Waals surface area contributed by atoms with Crippen LogP contribution in [0.15, 0.2) is 23.1 Å². The molecular weight excluding hydrogens is 359 g/mol. The fourth-order valence-corrected chi connectivity index (χ4v) is 4.99. The summed E-state index contributed by atoms with van der Waals surface area (Å²) in [6, 6.07) is 3.53. The average Bonchev–Trinajstić information content (AvgIpc) is 3.39. The first-order valence-corrected chi connectivity index (χ1v) is 10.2.